The molecule has 0 radical (unpaired) electrons. The van der Waals surface area contributed by atoms with Gasteiger partial charge in [-0.15, -0.1) is 0 Å². The second kappa shape index (κ2) is 5.58. The van der Waals surface area contributed by atoms with Crippen molar-refractivity contribution in [1.29, 1.82) is 0 Å². The molecule has 0 aliphatic rings. The summed E-state index contributed by atoms with van der Waals surface area (Å²) >= 11 is 1.26. The number of imidazole rings is 1. The van der Waals surface area contributed by atoms with Gasteiger partial charge in [0.1, 0.15) is 0 Å². The van der Waals surface area contributed by atoms with Crippen LogP contribution < -0.4 is 0 Å². The molecule has 0 N–H and O–H groups in total. The fraction of sp³-hybridized carbons (Fsp3) is 0.143. The summed E-state index contributed by atoms with van der Waals surface area (Å²) in [4.78, 5) is 8.44. The van der Waals surface area contributed by atoms with E-state index in [1.807, 2.05) is 18.2 Å². The summed E-state index contributed by atoms with van der Waals surface area (Å²) in [5.74, 6) is 0.511. The number of alkyl halides is 2. The van der Waals surface area contributed by atoms with Crippen LogP contribution in [0, 0.1) is 0 Å². The standard InChI is InChI=1S/C14H11F2N3S/c15-13(16)19-12-7-2-1-6-11(12)18-14(19)20-9-10-5-3-4-8-17-10/h1-8,13H,9H2. The quantitative estimate of drug-likeness (QED) is 0.677. The number of hydrogen-bond acceptors (Lipinski definition) is 3. The van der Waals surface area contributed by atoms with Gasteiger partial charge >= 0.3 is 6.55 Å². The van der Waals surface area contributed by atoms with Gasteiger partial charge in [-0.05, 0) is 24.3 Å². The van der Waals surface area contributed by atoms with E-state index in [-0.39, 0.29) is 0 Å². The van der Waals surface area contributed by atoms with Crippen molar-refractivity contribution in [3.8, 4) is 0 Å². The van der Waals surface area contributed by atoms with Crippen LogP contribution in [0.5, 0.6) is 0 Å². The Morgan fingerprint density at radius 1 is 1.10 bits per heavy atom. The average molecular weight is 291 g/mol. The van der Waals surface area contributed by atoms with Gasteiger partial charge in [-0.2, -0.15) is 8.78 Å². The Morgan fingerprint density at radius 3 is 2.65 bits per heavy atom. The first-order chi connectivity index (χ1) is 9.75. The van der Waals surface area contributed by atoms with Crippen LogP contribution in [0.2, 0.25) is 0 Å². The third kappa shape index (κ3) is 2.51. The molecule has 3 aromatic rings. The number of benzene rings is 1. The van der Waals surface area contributed by atoms with Crippen LogP contribution in [0.4, 0.5) is 8.78 Å². The number of rotatable bonds is 4. The lowest BCUT2D eigenvalue weighted by atomic mass is 10.3. The summed E-state index contributed by atoms with van der Waals surface area (Å²) in [5.41, 5.74) is 1.87. The number of halogens is 2. The molecule has 102 valence electrons. The van der Waals surface area contributed by atoms with Crippen molar-refractivity contribution in [1.82, 2.24) is 14.5 Å². The SMILES string of the molecule is FC(F)n1c(SCc2ccccn2)nc2ccccc21. The van der Waals surface area contributed by atoms with E-state index in [4.69, 9.17) is 0 Å². The molecule has 6 heteroatoms. The maximum atomic E-state index is 13.2. The first-order valence-electron chi connectivity index (χ1n) is 6.03. The topological polar surface area (TPSA) is 30.7 Å². The summed E-state index contributed by atoms with van der Waals surface area (Å²) in [6.45, 7) is -2.60. The van der Waals surface area contributed by atoms with Gasteiger partial charge in [-0.3, -0.25) is 9.55 Å². The highest BCUT2D eigenvalue weighted by atomic mass is 32.2. The highest BCUT2D eigenvalue weighted by Crippen LogP contribution is 2.30. The van der Waals surface area contributed by atoms with E-state index >= 15 is 0 Å². The lowest BCUT2D eigenvalue weighted by Crippen LogP contribution is -2.00. The van der Waals surface area contributed by atoms with Gasteiger partial charge in [0, 0.05) is 11.9 Å². The van der Waals surface area contributed by atoms with Gasteiger partial charge < -0.3 is 0 Å². The number of thioether (sulfide) groups is 1. The van der Waals surface area contributed by atoms with Gasteiger partial charge in [0.25, 0.3) is 0 Å². The van der Waals surface area contributed by atoms with E-state index in [1.54, 1.807) is 30.5 Å². The van der Waals surface area contributed by atoms with Crippen LogP contribution in [-0.4, -0.2) is 14.5 Å². The first-order valence-corrected chi connectivity index (χ1v) is 7.02. The van der Waals surface area contributed by atoms with Gasteiger partial charge in [-0.1, -0.05) is 30.0 Å². The molecular formula is C14H11F2N3S. The number of fused-ring (bicyclic) bond motifs is 1. The minimum absolute atomic E-state index is 0.312. The monoisotopic (exact) mass is 291 g/mol. The van der Waals surface area contributed by atoms with Crippen LogP contribution in [0.1, 0.15) is 12.2 Å². The lowest BCUT2D eigenvalue weighted by molar-refractivity contribution is 0.0656. The Labute approximate surface area is 118 Å². The van der Waals surface area contributed by atoms with E-state index in [9.17, 15) is 8.78 Å². The van der Waals surface area contributed by atoms with E-state index in [0.717, 1.165) is 10.3 Å². The van der Waals surface area contributed by atoms with Crippen molar-refractivity contribution >= 4 is 22.8 Å². The van der Waals surface area contributed by atoms with Crippen molar-refractivity contribution in [2.45, 2.75) is 17.5 Å². The fourth-order valence-corrected chi connectivity index (χ4v) is 2.86. The third-order valence-electron chi connectivity index (χ3n) is 2.83. The zero-order chi connectivity index (χ0) is 13.9. The molecule has 0 saturated carbocycles. The minimum Gasteiger partial charge on any atom is -0.261 e. The molecule has 0 fully saturated rings. The lowest BCUT2D eigenvalue weighted by Gasteiger charge is -2.06. The second-order valence-corrected chi connectivity index (χ2v) is 5.08. The molecular weight excluding hydrogens is 280 g/mol. The molecule has 0 spiro atoms. The molecule has 0 aliphatic heterocycles. The molecule has 0 atom stereocenters. The molecule has 1 aromatic carbocycles. The van der Waals surface area contributed by atoms with Gasteiger partial charge in [0.15, 0.2) is 5.16 Å². The van der Waals surface area contributed by atoms with Crippen molar-refractivity contribution in [3.63, 3.8) is 0 Å². The van der Waals surface area contributed by atoms with Crippen LogP contribution in [0.25, 0.3) is 11.0 Å². The molecule has 3 nitrogen and oxygen atoms in total. The summed E-state index contributed by atoms with van der Waals surface area (Å²) in [6, 6.07) is 12.5. The smallest absolute Gasteiger partial charge is 0.261 e. The molecule has 0 bridgehead atoms. The summed E-state index contributed by atoms with van der Waals surface area (Å²) in [5, 5.41) is 0.312. The van der Waals surface area contributed by atoms with Gasteiger partial charge in [0.05, 0.1) is 16.7 Å². The van der Waals surface area contributed by atoms with Crippen LogP contribution in [-0.2, 0) is 5.75 Å². The van der Waals surface area contributed by atoms with E-state index in [0.29, 0.717) is 21.9 Å². The maximum absolute atomic E-state index is 13.2. The molecule has 0 aliphatic carbocycles. The van der Waals surface area contributed by atoms with Gasteiger partial charge in [0.2, 0.25) is 0 Å². The van der Waals surface area contributed by atoms with Crippen molar-refractivity contribution in [2.24, 2.45) is 0 Å². The molecule has 0 unspecified atom stereocenters. The predicted molar refractivity (Wildman–Crippen MR) is 74.8 cm³/mol. The summed E-state index contributed by atoms with van der Waals surface area (Å²) < 4.78 is 27.4. The Bertz CT molecular complexity index is 713. The molecule has 2 aromatic heterocycles. The molecule has 0 saturated heterocycles. The minimum atomic E-state index is -2.60. The van der Waals surface area contributed by atoms with Gasteiger partial charge in [-0.25, -0.2) is 4.98 Å². The maximum Gasteiger partial charge on any atom is 0.321 e. The van der Waals surface area contributed by atoms with Crippen LogP contribution >= 0.6 is 11.8 Å². The predicted octanol–water partition coefficient (Wildman–Crippen LogP) is 4.12. The number of aromatic nitrogens is 3. The van der Waals surface area contributed by atoms with Crippen molar-refractivity contribution in [3.05, 3.63) is 54.4 Å². The normalized spacial score (nSPS) is 11.3. The largest absolute Gasteiger partial charge is 0.321 e. The fourth-order valence-electron chi connectivity index (χ4n) is 1.93. The summed E-state index contributed by atoms with van der Waals surface area (Å²) in [7, 11) is 0. The van der Waals surface area contributed by atoms with Crippen molar-refractivity contribution < 1.29 is 8.78 Å². The second-order valence-electron chi connectivity index (χ2n) is 4.14. The Hall–Kier alpha value is -1.95. The number of pyridine rings is 1. The first kappa shape index (κ1) is 13.1. The Balaban J connectivity index is 1.93. The number of para-hydroxylation sites is 2. The zero-order valence-corrected chi connectivity index (χ0v) is 11.2. The molecule has 2 heterocycles. The van der Waals surface area contributed by atoms with Crippen LogP contribution in [0.3, 0.4) is 0 Å². The molecule has 3 rings (SSSR count). The van der Waals surface area contributed by atoms with Crippen LogP contribution in [0.15, 0.2) is 53.8 Å². The Morgan fingerprint density at radius 2 is 1.90 bits per heavy atom. The highest BCUT2D eigenvalue weighted by Gasteiger charge is 2.17. The average Bonchev–Trinajstić information content (AvgIpc) is 2.84. The highest BCUT2D eigenvalue weighted by molar-refractivity contribution is 7.98. The number of nitrogens with zero attached hydrogens (tertiary/aromatic N) is 3. The van der Waals surface area contributed by atoms with E-state index in [2.05, 4.69) is 9.97 Å². The number of hydrogen-bond donors (Lipinski definition) is 0. The Kier molecular flexibility index (Phi) is 3.64. The zero-order valence-electron chi connectivity index (χ0n) is 10.4. The van der Waals surface area contributed by atoms with E-state index in [1.165, 1.54) is 11.8 Å². The summed E-state index contributed by atoms with van der Waals surface area (Å²) in [6.07, 6.45) is 1.69. The third-order valence-corrected chi connectivity index (χ3v) is 3.82. The molecule has 20 heavy (non-hydrogen) atoms. The van der Waals surface area contributed by atoms with Crippen molar-refractivity contribution in [2.75, 3.05) is 0 Å². The molecule has 0 amide bonds. The van der Waals surface area contributed by atoms with E-state index < -0.39 is 6.55 Å².